The van der Waals surface area contributed by atoms with Crippen molar-refractivity contribution in [2.24, 2.45) is 11.8 Å². The van der Waals surface area contributed by atoms with Crippen LogP contribution in [0.25, 0.3) is 0 Å². The summed E-state index contributed by atoms with van der Waals surface area (Å²) < 4.78 is 27.4. The molecule has 8 nitrogen and oxygen atoms in total. The van der Waals surface area contributed by atoms with Crippen LogP contribution in [-0.4, -0.2) is 36.6 Å². The standard InChI is InChI=1S/C23H26ClN3O5S/c1-15-2-4-16(5-3-15)22(17-6-7-17)25-23(28)18-10-12-26(13-11-18)33(31,32)21-14-19(27(29)30)8-9-20(21)24/h2-5,8-9,14,17-18,22H,6-7,10-13H2,1H3,(H,25,28)/t22-/m1/s1. The number of rotatable bonds is 7. The molecular formula is C23H26ClN3O5S. The molecule has 0 unspecified atom stereocenters. The second kappa shape index (κ2) is 9.40. The first kappa shape index (κ1) is 23.7. The fourth-order valence-corrected chi connectivity index (χ4v) is 6.21. The van der Waals surface area contributed by atoms with E-state index in [1.165, 1.54) is 16.4 Å². The van der Waals surface area contributed by atoms with Crippen molar-refractivity contribution in [3.8, 4) is 0 Å². The molecule has 0 bridgehead atoms. The third-order valence-electron chi connectivity index (χ3n) is 6.40. The van der Waals surface area contributed by atoms with E-state index in [1.54, 1.807) is 0 Å². The Morgan fingerprint density at radius 2 is 1.76 bits per heavy atom. The highest BCUT2D eigenvalue weighted by molar-refractivity contribution is 7.89. The molecule has 1 saturated heterocycles. The highest BCUT2D eigenvalue weighted by Crippen LogP contribution is 2.41. The summed E-state index contributed by atoms with van der Waals surface area (Å²) in [6.45, 7) is 2.33. The monoisotopic (exact) mass is 491 g/mol. The number of benzene rings is 2. The molecular weight excluding hydrogens is 466 g/mol. The minimum absolute atomic E-state index is 0.0245. The Morgan fingerprint density at radius 1 is 1.12 bits per heavy atom. The van der Waals surface area contributed by atoms with Gasteiger partial charge in [-0.2, -0.15) is 4.31 Å². The van der Waals surface area contributed by atoms with E-state index < -0.39 is 14.9 Å². The first-order valence-electron chi connectivity index (χ1n) is 11.0. The van der Waals surface area contributed by atoms with Gasteiger partial charge in [-0.3, -0.25) is 14.9 Å². The second-order valence-electron chi connectivity index (χ2n) is 8.78. The number of nitrogens with one attached hydrogen (secondary N) is 1. The smallest absolute Gasteiger partial charge is 0.270 e. The first-order valence-corrected chi connectivity index (χ1v) is 12.8. The molecule has 4 rings (SSSR count). The van der Waals surface area contributed by atoms with Crippen molar-refractivity contribution in [1.29, 1.82) is 0 Å². The van der Waals surface area contributed by atoms with E-state index in [0.29, 0.717) is 18.8 Å². The molecule has 1 N–H and O–H groups in total. The van der Waals surface area contributed by atoms with E-state index in [9.17, 15) is 23.3 Å². The minimum Gasteiger partial charge on any atom is -0.349 e. The lowest BCUT2D eigenvalue weighted by Crippen LogP contribution is -2.44. The lowest BCUT2D eigenvalue weighted by Gasteiger charge is -2.31. The second-order valence-corrected chi connectivity index (χ2v) is 11.1. The third-order valence-corrected chi connectivity index (χ3v) is 8.78. The third kappa shape index (κ3) is 5.20. The SMILES string of the molecule is Cc1ccc([C@@H](NC(=O)C2CCN(S(=O)(=O)c3cc([N+](=O)[O-])ccc3Cl)CC2)C2CC2)cc1. The number of piperidine rings is 1. The molecule has 1 aliphatic heterocycles. The summed E-state index contributed by atoms with van der Waals surface area (Å²) in [6, 6.07) is 11.5. The number of aryl methyl sites for hydroxylation is 1. The summed E-state index contributed by atoms with van der Waals surface area (Å²) in [5.41, 5.74) is 1.92. The van der Waals surface area contributed by atoms with E-state index >= 15 is 0 Å². The highest BCUT2D eigenvalue weighted by atomic mass is 35.5. The van der Waals surface area contributed by atoms with Crippen LogP contribution in [0.5, 0.6) is 0 Å². The number of carbonyl (C=O) groups excluding carboxylic acids is 1. The van der Waals surface area contributed by atoms with Gasteiger partial charge in [-0.05, 0) is 50.2 Å². The van der Waals surface area contributed by atoms with Gasteiger partial charge in [0.15, 0.2) is 0 Å². The Kier molecular flexibility index (Phi) is 6.74. The maximum Gasteiger partial charge on any atom is 0.270 e. The molecule has 176 valence electrons. The summed E-state index contributed by atoms with van der Waals surface area (Å²) in [6.07, 6.45) is 2.92. The van der Waals surface area contributed by atoms with Crippen LogP contribution in [-0.2, 0) is 14.8 Å². The number of hydrogen-bond donors (Lipinski definition) is 1. The number of amides is 1. The molecule has 2 aromatic carbocycles. The van der Waals surface area contributed by atoms with Crippen LogP contribution in [0.4, 0.5) is 5.69 Å². The molecule has 1 heterocycles. The summed E-state index contributed by atoms with van der Waals surface area (Å²) in [7, 11) is -4.01. The normalized spacial score (nSPS) is 18.6. The van der Waals surface area contributed by atoms with Crippen LogP contribution >= 0.6 is 11.6 Å². The van der Waals surface area contributed by atoms with Crippen LogP contribution in [0.3, 0.4) is 0 Å². The van der Waals surface area contributed by atoms with Crippen LogP contribution < -0.4 is 5.32 Å². The molecule has 1 aliphatic carbocycles. The van der Waals surface area contributed by atoms with Crippen molar-refractivity contribution in [2.45, 2.75) is 43.5 Å². The van der Waals surface area contributed by atoms with Crippen molar-refractivity contribution in [1.82, 2.24) is 9.62 Å². The van der Waals surface area contributed by atoms with Gasteiger partial charge in [0.2, 0.25) is 15.9 Å². The molecule has 0 radical (unpaired) electrons. The average molecular weight is 492 g/mol. The molecule has 0 aromatic heterocycles. The van der Waals surface area contributed by atoms with Crippen molar-refractivity contribution in [3.05, 3.63) is 68.7 Å². The predicted molar refractivity (Wildman–Crippen MR) is 124 cm³/mol. The molecule has 33 heavy (non-hydrogen) atoms. The van der Waals surface area contributed by atoms with Gasteiger partial charge >= 0.3 is 0 Å². The van der Waals surface area contributed by atoms with E-state index in [-0.39, 0.29) is 46.6 Å². The van der Waals surface area contributed by atoms with Crippen LogP contribution in [0.15, 0.2) is 47.4 Å². The summed E-state index contributed by atoms with van der Waals surface area (Å²) in [5.74, 6) is 0.0924. The molecule has 2 aliphatic rings. The Bertz CT molecular complexity index is 1160. The quantitative estimate of drug-likeness (QED) is 0.460. The van der Waals surface area contributed by atoms with Gasteiger partial charge in [-0.25, -0.2) is 8.42 Å². The average Bonchev–Trinajstić information content (AvgIpc) is 3.63. The Labute approximate surface area is 198 Å². The van der Waals surface area contributed by atoms with Crippen molar-refractivity contribution in [2.75, 3.05) is 13.1 Å². The zero-order valence-corrected chi connectivity index (χ0v) is 19.8. The van der Waals surface area contributed by atoms with Gasteiger partial charge in [-0.1, -0.05) is 41.4 Å². The Hall–Kier alpha value is -2.49. The van der Waals surface area contributed by atoms with Gasteiger partial charge in [0.25, 0.3) is 5.69 Å². The lowest BCUT2D eigenvalue weighted by molar-refractivity contribution is -0.385. The van der Waals surface area contributed by atoms with Crippen LogP contribution in [0.1, 0.15) is 42.9 Å². The molecule has 2 aromatic rings. The zero-order valence-electron chi connectivity index (χ0n) is 18.2. The van der Waals surface area contributed by atoms with Gasteiger partial charge in [-0.15, -0.1) is 0 Å². The van der Waals surface area contributed by atoms with Crippen molar-refractivity contribution >= 4 is 33.2 Å². The highest BCUT2D eigenvalue weighted by Gasteiger charge is 2.37. The number of sulfonamides is 1. The number of non-ortho nitro benzene ring substituents is 1. The molecule has 2 fully saturated rings. The Balaban J connectivity index is 1.42. The van der Waals surface area contributed by atoms with Crippen molar-refractivity contribution in [3.63, 3.8) is 0 Å². The molecule has 1 saturated carbocycles. The summed E-state index contributed by atoms with van der Waals surface area (Å²) >= 11 is 6.05. The minimum atomic E-state index is -4.01. The van der Waals surface area contributed by atoms with E-state index in [4.69, 9.17) is 11.6 Å². The number of nitro groups is 1. The molecule has 0 spiro atoms. The number of halogens is 1. The van der Waals surface area contributed by atoms with Crippen LogP contribution in [0.2, 0.25) is 5.02 Å². The van der Waals surface area contributed by atoms with E-state index in [1.807, 2.05) is 19.1 Å². The number of carbonyl (C=O) groups is 1. The zero-order chi connectivity index (χ0) is 23.8. The van der Waals surface area contributed by atoms with Gasteiger partial charge < -0.3 is 5.32 Å². The number of nitro benzene ring substituents is 1. The molecule has 10 heteroatoms. The topological polar surface area (TPSA) is 110 Å². The fourth-order valence-electron chi connectivity index (χ4n) is 4.25. The predicted octanol–water partition coefficient (Wildman–Crippen LogP) is 4.22. The van der Waals surface area contributed by atoms with Gasteiger partial charge in [0.05, 0.1) is 16.0 Å². The largest absolute Gasteiger partial charge is 0.349 e. The lowest BCUT2D eigenvalue weighted by atomic mass is 9.95. The van der Waals surface area contributed by atoms with E-state index in [0.717, 1.165) is 30.0 Å². The number of hydrogen-bond acceptors (Lipinski definition) is 5. The van der Waals surface area contributed by atoms with Crippen LogP contribution in [0, 0.1) is 28.9 Å². The number of nitrogens with zero attached hydrogens (tertiary/aromatic N) is 2. The molecule has 1 atom stereocenters. The molecule has 1 amide bonds. The maximum atomic E-state index is 13.1. The first-order chi connectivity index (χ1) is 15.7. The summed E-state index contributed by atoms with van der Waals surface area (Å²) in [4.78, 5) is 23.1. The van der Waals surface area contributed by atoms with E-state index in [2.05, 4.69) is 17.4 Å². The van der Waals surface area contributed by atoms with Crippen molar-refractivity contribution < 1.29 is 18.1 Å². The maximum absolute atomic E-state index is 13.1. The fraction of sp³-hybridized carbons (Fsp3) is 0.435. The summed E-state index contributed by atoms with van der Waals surface area (Å²) in [5, 5.41) is 14.2. The Morgan fingerprint density at radius 3 is 2.33 bits per heavy atom. The van der Waals surface area contributed by atoms with Gasteiger partial charge in [0, 0.05) is 31.1 Å². The van der Waals surface area contributed by atoms with Gasteiger partial charge in [0.1, 0.15) is 4.90 Å².